The van der Waals surface area contributed by atoms with E-state index in [9.17, 15) is 19.5 Å². The highest BCUT2D eigenvalue weighted by molar-refractivity contribution is 7.13. The summed E-state index contributed by atoms with van der Waals surface area (Å²) in [7, 11) is 0. The number of unbranched alkanes of at least 4 members (excludes halogenated alkanes) is 3. The van der Waals surface area contributed by atoms with Gasteiger partial charge in [0.1, 0.15) is 18.7 Å². The monoisotopic (exact) mass is 650 g/mol. The molecule has 0 bridgehead atoms. The third kappa shape index (κ3) is 11.1. The van der Waals surface area contributed by atoms with Crippen LogP contribution >= 0.6 is 22.9 Å². The molecule has 0 unspecified atom stereocenters. The van der Waals surface area contributed by atoms with Gasteiger partial charge in [-0.1, -0.05) is 57.9 Å². The van der Waals surface area contributed by atoms with Gasteiger partial charge in [0.15, 0.2) is 0 Å². The predicted molar refractivity (Wildman–Crippen MR) is 172 cm³/mol. The number of hydrogen-bond donors (Lipinski definition) is 3. The number of amides is 3. The number of aryl methyl sites for hydroxylation is 1. The number of thiazole rings is 1. The molecule has 1 aliphatic rings. The summed E-state index contributed by atoms with van der Waals surface area (Å²) in [5.74, 6) is -0.515. The van der Waals surface area contributed by atoms with Gasteiger partial charge in [-0.25, -0.2) is 4.98 Å². The Morgan fingerprint density at radius 2 is 1.80 bits per heavy atom. The van der Waals surface area contributed by atoms with Crippen molar-refractivity contribution in [2.45, 2.75) is 84.5 Å². The molecule has 3 amide bonds. The van der Waals surface area contributed by atoms with Crippen molar-refractivity contribution in [3.63, 3.8) is 0 Å². The Bertz CT molecular complexity index is 1200. The fourth-order valence-corrected chi connectivity index (χ4v) is 6.02. The van der Waals surface area contributed by atoms with E-state index in [1.807, 2.05) is 57.5 Å². The number of aromatic nitrogens is 1. The summed E-state index contributed by atoms with van der Waals surface area (Å²) in [6.07, 6.45) is 3.41. The van der Waals surface area contributed by atoms with Crippen LogP contribution in [0.25, 0.3) is 10.4 Å². The number of rotatable bonds is 17. The molecule has 44 heavy (non-hydrogen) atoms. The first-order valence-electron chi connectivity index (χ1n) is 15.3. The van der Waals surface area contributed by atoms with E-state index >= 15 is 0 Å². The molecule has 3 rings (SSSR count). The van der Waals surface area contributed by atoms with E-state index in [-0.39, 0.29) is 38.6 Å². The molecule has 3 N–H and O–H groups in total. The molecule has 10 nitrogen and oxygen atoms in total. The van der Waals surface area contributed by atoms with Gasteiger partial charge in [-0.15, -0.1) is 22.9 Å². The summed E-state index contributed by atoms with van der Waals surface area (Å²) in [4.78, 5) is 46.5. The molecular formula is C32H47ClN4O6S. The van der Waals surface area contributed by atoms with Crippen LogP contribution in [0.2, 0.25) is 0 Å². The summed E-state index contributed by atoms with van der Waals surface area (Å²) in [5, 5.41) is 16.1. The second kappa shape index (κ2) is 17.8. The maximum Gasteiger partial charge on any atom is 0.246 e. The van der Waals surface area contributed by atoms with Gasteiger partial charge in [0, 0.05) is 32.0 Å². The highest BCUT2D eigenvalue weighted by Crippen LogP contribution is 2.28. The second-order valence-corrected chi connectivity index (χ2v) is 13.4. The zero-order valence-electron chi connectivity index (χ0n) is 26.3. The zero-order valence-corrected chi connectivity index (χ0v) is 27.8. The van der Waals surface area contributed by atoms with Gasteiger partial charge in [0.2, 0.25) is 17.7 Å². The highest BCUT2D eigenvalue weighted by Gasteiger charge is 2.44. The van der Waals surface area contributed by atoms with E-state index in [1.165, 1.54) is 4.90 Å². The minimum Gasteiger partial charge on any atom is -0.391 e. The summed E-state index contributed by atoms with van der Waals surface area (Å²) >= 11 is 7.26. The number of alkyl halides is 1. The molecule has 1 aromatic carbocycles. The summed E-state index contributed by atoms with van der Waals surface area (Å²) in [6.45, 7) is 8.86. The van der Waals surface area contributed by atoms with Crippen molar-refractivity contribution in [2.24, 2.45) is 5.41 Å². The lowest BCUT2D eigenvalue weighted by Gasteiger charge is -2.35. The molecule has 2 aromatic rings. The third-order valence-corrected chi connectivity index (χ3v) is 8.73. The van der Waals surface area contributed by atoms with Crippen molar-refractivity contribution in [2.75, 3.05) is 38.9 Å². The van der Waals surface area contributed by atoms with E-state index in [4.69, 9.17) is 21.1 Å². The molecule has 0 saturated carbocycles. The predicted octanol–water partition coefficient (Wildman–Crippen LogP) is 4.06. The largest absolute Gasteiger partial charge is 0.391 e. The lowest BCUT2D eigenvalue weighted by molar-refractivity contribution is -0.144. The Morgan fingerprint density at radius 3 is 2.45 bits per heavy atom. The van der Waals surface area contributed by atoms with Gasteiger partial charge in [-0.3, -0.25) is 14.4 Å². The second-order valence-electron chi connectivity index (χ2n) is 12.2. The Hall–Kier alpha value is -2.57. The number of nitrogens with zero attached hydrogens (tertiary/aromatic N) is 2. The smallest absolute Gasteiger partial charge is 0.246 e. The molecule has 2 heterocycles. The summed E-state index contributed by atoms with van der Waals surface area (Å²) in [5.41, 5.74) is 4.12. The summed E-state index contributed by atoms with van der Waals surface area (Å²) < 4.78 is 11.0. The van der Waals surface area contributed by atoms with Gasteiger partial charge < -0.3 is 30.1 Å². The molecule has 244 valence electrons. The van der Waals surface area contributed by atoms with Gasteiger partial charge in [-0.2, -0.15) is 0 Å². The minimum atomic E-state index is -0.911. The maximum absolute atomic E-state index is 13.7. The zero-order chi connectivity index (χ0) is 32.1. The van der Waals surface area contributed by atoms with Crippen molar-refractivity contribution in [1.29, 1.82) is 0 Å². The number of carbonyl (C=O) groups excluding carboxylic acids is 3. The maximum atomic E-state index is 13.7. The number of nitrogens with one attached hydrogen (secondary N) is 2. The molecule has 1 aliphatic heterocycles. The lowest BCUT2D eigenvalue weighted by atomic mass is 9.85. The number of aliphatic hydroxyl groups is 1. The number of carbonyl (C=O) groups is 3. The minimum absolute atomic E-state index is 0.0159. The lowest BCUT2D eigenvalue weighted by Crippen LogP contribution is -2.58. The first-order chi connectivity index (χ1) is 21.0. The van der Waals surface area contributed by atoms with E-state index in [2.05, 4.69) is 15.6 Å². The van der Waals surface area contributed by atoms with Gasteiger partial charge >= 0.3 is 0 Å². The first-order valence-corrected chi connectivity index (χ1v) is 16.7. The number of ether oxygens (including phenoxy) is 2. The first kappa shape index (κ1) is 35.9. The molecule has 0 radical (unpaired) electrons. The number of β-amino-alcohol motifs (C(OH)–C–C–N with tert-alkyl or cyclic N) is 1. The molecule has 3 atom stereocenters. The SMILES string of the molecule is Cc1ncsc1-c1ccc(CNC(=O)[C@@H]2C[C@H](O)CN2C(=O)[C@@H](NC(=O)COCCOCCCCCCCl)C(C)(C)C)cc1. The van der Waals surface area contributed by atoms with Crippen molar-refractivity contribution in [3.8, 4) is 10.4 Å². The van der Waals surface area contributed by atoms with Crippen molar-refractivity contribution >= 4 is 40.7 Å². The van der Waals surface area contributed by atoms with Crippen LogP contribution in [0, 0.1) is 12.3 Å². The van der Waals surface area contributed by atoms with Crippen LogP contribution in [0.4, 0.5) is 0 Å². The average Bonchev–Trinajstić information content (AvgIpc) is 3.60. The molecule has 0 aliphatic carbocycles. The van der Waals surface area contributed by atoms with E-state index in [1.54, 1.807) is 11.3 Å². The number of benzene rings is 1. The number of aliphatic hydroxyl groups excluding tert-OH is 1. The Kier molecular flexibility index (Phi) is 14.5. The van der Waals surface area contributed by atoms with Gasteiger partial charge in [0.25, 0.3) is 0 Å². The van der Waals surface area contributed by atoms with E-state index in [0.29, 0.717) is 19.1 Å². The van der Waals surface area contributed by atoms with Crippen LogP contribution in [0.5, 0.6) is 0 Å². The number of likely N-dealkylation sites (tertiary alicyclic amines) is 1. The quantitative estimate of drug-likeness (QED) is 0.174. The Morgan fingerprint density at radius 1 is 1.09 bits per heavy atom. The van der Waals surface area contributed by atoms with Crippen LogP contribution in [0.3, 0.4) is 0 Å². The highest BCUT2D eigenvalue weighted by atomic mass is 35.5. The molecule has 1 aromatic heterocycles. The topological polar surface area (TPSA) is 130 Å². The van der Waals surface area contributed by atoms with Crippen LogP contribution in [-0.4, -0.2) is 89.8 Å². The average molecular weight is 651 g/mol. The standard InChI is InChI=1S/C32H47ClN4O6S/c1-22-28(44-21-35-22)24-11-9-23(10-12-24)18-34-30(40)26-17-25(38)19-37(26)31(41)29(32(2,3)4)36-27(39)20-43-16-15-42-14-8-6-5-7-13-33/h9-12,21,25-26,29,38H,5-8,13-20H2,1-4H3,(H,34,40)(H,36,39)/t25-,26-,29+/m0/s1. The molecule has 0 spiro atoms. The molecular weight excluding hydrogens is 604 g/mol. The van der Waals surface area contributed by atoms with E-state index < -0.39 is 35.4 Å². The van der Waals surface area contributed by atoms with Crippen molar-refractivity contribution < 1.29 is 29.0 Å². The van der Waals surface area contributed by atoms with Crippen LogP contribution < -0.4 is 10.6 Å². The van der Waals surface area contributed by atoms with Crippen LogP contribution in [-0.2, 0) is 30.4 Å². The molecule has 1 saturated heterocycles. The fraction of sp³-hybridized carbons (Fsp3) is 0.625. The van der Waals surface area contributed by atoms with Crippen LogP contribution in [0.1, 0.15) is 64.1 Å². The van der Waals surface area contributed by atoms with Gasteiger partial charge in [-0.05, 0) is 36.3 Å². The Labute approximate surface area is 269 Å². The number of halogens is 1. The molecule has 1 fully saturated rings. The Balaban J connectivity index is 1.49. The number of hydrogen-bond acceptors (Lipinski definition) is 8. The summed E-state index contributed by atoms with van der Waals surface area (Å²) in [6, 6.07) is 6.14. The van der Waals surface area contributed by atoms with Crippen LogP contribution in [0.15, 0.2) is 29.8 Å². The van der Waals surface area contributed by atoms with Crippen molar-refractivity contribution in [1.82, 2.24) is 20.5 Å². The van der Waals surface area contributed by atoms with E-state index in [0.717, 1.165) is 47.4 Å². The van der Waals surface area contributed by atoms with Crippen molar-refractivity contribution in [3.05, 3.63) is 41.0 Å². The third-order valence-electron chi connectivity index (χ3n) is 7.49. The van der Waals surface area contributed by atoms with Gasteiger partial charge in [0.05, 0.1) is 35.4 Å². The molecule has 12 heteroatoms. The normalized spacial score (nSPS) is 17.5. The fourth-order valence-electron chi connectivity index (χ4n) is 5.02.